The number of rotatable bonds is 15. The summed E-state index contributed by atoms with van der Waals surface area (Å²) >= 11 is 12.2. The molecule has 0 N–H and O–H groups in total. The second-order valence-corrected chi connectivity index (χ2v) is 7.68. The molecular weight excluding hydrogens is 337 g/mol. The number of aryl methyl sites for hydroxylation is 1. The van der Waals surface area contributed by atoms with Gasteiger partial charge in [0.05, 0.1) is 15.7 Å². The molecule has 0 aliphatic rings. The number of hydrogen-bond acceptors (Lipinski definition) is 1. The molecule has 138 valence electrons. The molecule has 0 aliphatic carbocycles. The average Bonchev–Trinajstić information content (AvgIpc) is 2.58. The Morgan fingerprint density at radius 2 is 1.17 bits per heavy atom. The lowest BCUT2D eigenvalue weighted by molar-refractivity contribution is 0.535. The lowest BCUT2D eigenvalue weighted by atomic mass is 10.0. The van der Waals surface area contributed by atoms with E-state index in [2.05, 4.69) is 11.9 Å². The van der Waals surface area contributed by atoms with Crippen LogP contribution < -0.4 is 0 Å². The molecule has 0 bridgehead atoms. The molecule has 0 aromatic carbocycles. The van der Waals surface area contributed by atoms with Crippen LogP contribution >= 0.6 is 23.2 Å². The zero-order valence-electron chi connectivity index (χ0n) is 15.5. The molecule has 0 saturated heterocycles. The Morgan fingerprint density at radius 3 is 1.67 bits per heavy atom. The van der Waals surface area contributed by atoms with Gasteiger partial charge in [-0.25, -0.2) is 0 Å². The summed E-state index contributed by atoms with van der Waals surface area (Å²) in [6.45, 7) is 2.28. The van der Waals surface area contributed by atoms with Crippen LogP contribution in [0.5, 0.6) is 0 Å². The molecule has 0 spiro atoms. The van der Waals surface area contributed by atoms with Gasteiger partial charge in [-0.3, -0.25) is 4.98 Å². The van der Waals surface area contributed by atoms with Crippen LogP contribution in [0.3, 0.4) is 0 Å². The van der Waals surface area contributed by atoms with Crippen LogP contribution in [0.15, 0.2) is 12.3 Å². The van der Waals surface area contributed by atoms with Crippen LogP contribution in [0.4, 0.5) is 0 Å². The Labute approximate surface area is 159 Å². The molecule has 0 fully saturated rings. The maximum atomic E-state index is 6.16. The second-order valence-electron chi connectivity index (χ2n) is 6.90. The standard InChI is InChI=1S/C21H35Cl2N/c1-2-3-4-5-6-7-8-9-10-11-12-13-14-15-16-20-21(23)19(22)17-18-24-20/h17-18H,2-16H2,1H3. The minimum Gasteiger partial charge on any atom is -0.260 e. The van der Waals surface area contributed by atoms with Crippen molar-refractivity contribution in [2.75, 3.05) is 0 Å². The van der Waals surface area contributed by atoms with Gasteiger partial charge in [0.25, 0.3) is 0 Å². The molecule has 1 aromatic heterocycles. The Kier molecular flexibility index (Phi) is 13.6. The van der Waals surface area contributed by atoms with Crippen LogP contribution in [0.2, 0.25) is 10.0 Å². The first-order valence-corrected chi connectivity index (χ1v) is 10.8. The Morgan fingerprint density at radius 1 is 0.708 bits per heavy atom. The van der Waals surface area contributed by atoms with Crippen molar-refractivity contribution in [3.63, 3.8) is 0 Å². The summed E-state index contributed by atoms with van der Waals surface area (Å²) in [5.41, 5.74) is 0.947. The van der Waals surface area contributed by atoms with Crippen molar-refractivity contribution >= 4 is 23.2 Å². The van der Waals surface area contributed by atoms with Crippen molar-refractivity contribution in [2.45, 2.75) is 103 Å². The third-order valence-electron chi connectivity index (χ3n) is 4.68. The number of hydrogen-bond donors (Lipinski definition) is 0. The van der Waals surface area contributed by atoms with Crippen molar-refractivity contribution in [3.8, 4) is 0 Å². The molecule has 1 nitrogen and oxygen atoms in total. The zero-order chi connectivity index (χ0) is 17.5. The summed E-state index contributed by atoms with van der Waals surface area (Å²) in [5, 5.41) is 1.25. The Balaban J connectivity index is 1.85. The summed E-state index contributed by atoms with van der Waals surface area (Å²) in [6.07, 6.45) is 22.0. The van der Waals surface area contributed by atoms with Crippen molar-refractivity contribution < 1.29 is 0 Å². The summed E-state index contributed by atoms with van der Waals surface area (Å²) < 4.78 is 0. The highest BCUT2D eigenvalue weighted by Crippen LogP contribution is 2.25. The van der Waals surface area contributed by atoms with Gasteiger partial charge in [0.15, 0.2) is 0 Å². The topological polar surface area (TPSA) is 12.9 Å². The van der Waals surface area contributed by atoms with Gasteiger partial charge >= 0.3 is 0 Å². The van der Waals surface area contributed by atoms with Gasteiger partial charge in [0, 0.05) is 6.20 Å². The van der Waals surface area contributed by atoms with E-state index in [0.29, 0.717) is 10.0 Å². The van der Waals surface area contributed by atoms with Gasteiger partial charge in [-0.05, 0) is 18.9 Å². The smallest absolute Gasteiger partial charge is 0.0807 e. The minimum absolute atomic E-state index is 0.618. The maximum absolute atomic E-state index is 6.16. The molecule has 0 unspecified atom stereocenters. The quantitative estimate of drug-likeness (QED) is 0.282. The molecular formula is C21H35Cl2N. The highest BCUT2D eigenvalue weighted by Gasteiger charge is 2.05. The van der Waals surface area contributed by atoms with Gasteiger partial charge < -0.3 is 0 Å². The van der Waals surface area contributed by atoms with Gasteiger partial charge in [-0.15, -0.1) is 0 Å². The lowest BCUT2D eigenvalue weighted by Crippen LogP contribution is -1.92. The summed E-state index contributed by atoms with van der Waals surface area (Å²) in [4.78, 5) is 4.32. The van der Waals surface area contributed by atoms with E-state index >= 15 is 0 Å². The van der Waals surface area contributed by atoms with Crippen molar-refractivity contribution in [3.05, 3.63) is 28.0 Å². The third kappa shape index (κ3) is 10.6. The van der Waals surface area contributed by atoms with Gasteiger partial charge in [-0.1, -0.05) is 114 Å². The monoisotopic (exact) mass is 371 g/mol. The molecule has 0 radical (unpaired) electrons. The normalized spacial score (nSPS) is 11.1. The highest BCUT2D eigenvalue weighted by atomic mass is 35.5. The summed E-state index contributed by atoms with van der Waals surface area (Å²) in [5.74, 6) is 0. The second kappa shape index (κ2) is 15.0. The number of aromatic nitrogens is 1. The van der Waals surface area contributed by atoms with E-state index in [-0.39, 0.29) is 0 Å². The largest absolute Gasteiger partial charge is 0.260 e. The van der Waals surface area contributed by atoms with Crippen molar-refractivity contribution in [1.82, 2.24) is 4.98 Å². The Hall–Kier alpha value is -0.270. The fourth-order valence-electron chi connectivity index (χ4n) is 3.12. The first-order chi connectivity index (χ1) is 11.8. The molecule has 0 saturated carbocycles. The number of nitrogens with zero attached hydrogens (tertiary/aromatic N) is 1. The van der Waals surface area contributed by atoms with E-state index in [4.69, 9.17) is 23.2 Å². The van der Waals surface area contributed by atoms with E-state index in [1.807, 2.05) is 0 Å². The minimum atomic E-state index is 0.618. The van der Waals surface area contributed by atoms with Gasteiger partial charge in [-0.2, -0.15) is 0 Å². The Bertz CT molecular complexity index is 420. The molecule has 24 heavy (non-hydrogen) atoms. The highest BCUT2D eigenvalue weighted by molar-refractivity contribution is 6.42. The average molecular weight is 372 g/mol. The van der Waals surface area contributed by atoms with Crippen LogP contribution in [0.1, 0.15) is 103 Å². The predicted molar refractivity (Wildman–Crippen MR) is 108 cm³/mol. The summed E-state index contributed by atoms with van der Waals surface area (Å²) in [7, 11) is 0. The lowest BCUT2D eigenvalue weighted by Gasteiger charge is -2.05. The maximum Gasteiger partial charge on any atom is 0.0807 e. The van der Waals surface area contributed by atoms with E-state index < -0.39 is 0 Å². The molecule has 1 heterocycles. The van der Waals surface area contributed by atoms with Crippen LogP contribution in [0.25, 0.3) is 0 Å². The predicted octanol–water partition coefficient (Wildman–Crippen LogP) is 8.41. The fraction of sp³-hybridized carbons (Fsp3) is 0.762. The van der Waals surface area contributed by atoms with Gasteiger partial charge in [0.1, 0.15) is 0 Å². The van der Waals surface area contributed by atoms with E-state index in [0.717, 1.165) is 18.5 Å². The molecule has 0 amide bonds. The van der Waals surface area contributed by atoms with Crippen molar-refractivity contribution in [2.24, 2.45) is 0 Å². The molecule has 3 heteroatoms. The van der Waals surface area contributed by atoms with Crippen molar-refractivity contribution in [1.29, 1.82) is 0 Å². The van der Waals surface area contributed by atoms with E-state index in [1.165, 1.54) is 83.5 Å². The summed E-state index contributed by atoms with van der Waals surface area (Å²) in [6, 6.07) is 1.75. The molecule has 1 aromatic rings. The van der Waals surface area contributed by atoms with Gasteiger partial charge in [0.2, 0.25) is 0 Å². The SMILES string of the molecule is CCCCCCCCCCCCCCCCc1nccc(Cl)c1Cl. The van der Waals surface area contributed by atoms with E-state index in [1.54, 1.807) is 12.3 Å². The first kappa shape index (κ1) is 21.8. The number of halogens is 2. The molecule has 0 aliphatic heterocycles. The molecule has 0 atom stereocenters. The van der Waals surface area contributed by atoms with Crippen LogP contribution in [0, 0.1) is 0 Å². The van der Waals surface area contributed by atoms with Crippen LogP contribution in [-0.4, -0.2) is 4.98 Å². The van der Waals surface area contributed by atoms with Crippen LogP contribution in [-0.2, 0) is 6.42 Å². The number of unbranched alkanes of at least 4 members (excludes halogenated alkanes) is 13. The number of pyridine rings is 1. The fourth-order valence-corrected chi connectivity index (χ4v) is 3.49. The third-order valence-corrected chi connectivity index (χ3v) is 5.51. The first-order valence-electron chi connectivity index (χ1n) is 10.0. The van der Waals surface area contributed by atoms with E-state index in [9.17, 15) is 0 Å². The zero-order valence-corrected chi connectivity index (χ0v) is 17.0. The molecule has 1 rings (SSSR count).